The smallest absolute Gasteiger partial charge is 0.544 e. The minimum absolute atomic E-state index is 0. The number of nitrogens with one attached hydrogen (secondary N) is 2. The number of nitrogens with two attached hydrogens (primary N) is 1. The molecule has 156 valence electrons. The van der Waals surface area contributed by atoms with E-state index in [1.165, 1.54) is 24.3 Å². The molecule has 4 rings (SSSR count). The minimum atomic E-state index is -2.14. The van der Waals surface area contributed by atoms with Gasteiger partial charge in [-0.25, -0.2) is 5.84 Å². The van der Waals surface area contributed by atoms with E-state index >= 15 is 0 Å². The number of hydrazine groups is 2. The first kappa shape index (κ1) is 23.2. The zero-order chi connectivity index (χ0) is 20.9. The zero-order valence-corrected chi connectivity index (χ0v) is 19.4. The van der Waals surface area contributed by atoms with Gasteiger partial charge in [0.1, 0.15) is 24.5 Å². The maximum Gasteiger partial charge on any atom is 1.00 e. The van der Waals surface area contributed by atoms with Crippen molar-refractivity contribution in [1.29, 1.82) is 0 Å². The minimum Gasteiger partial charge on any atom is -0.544 e. The van der Waals surface area contributed by atoms with Crippen molar-refractivity contribution in [2.75, 3.05) is 12.9 Å². The normalized spacial score (nSPS) is 32.6. The molecule has 30 heavy (non-hydrogen) atoms. The fraction of sp³-hybridized carbons (Fsp3) is 0.500. The van der Waals surface area contributed by atoms with E-state index in [1.807, 2.05) is 0 Å². The Labute approximate surface area is 200 Å². The second-order valence-corrected chi connectivity index (χ2v) is 8.43. The number of carbonyl (C=O) groups excluding carboxylic acids is 4. The molecule has 0 aromatic rings. The van der Waals surface area contributed by atoms with Gasteiger partial charge in [-0.1, -0.05) is 9.68 Å². The number of oxime groups is 1. The Morgan fingerprint density at radius 3 is 2.83 bits per heavy atom. The Kier molecular flexibility index (Phi) is 6.62. The average molecular weight is 466 g/mol. The molecular weight excluding hydrogens is 451 g/mol. The number of ether oxygens (including phenoxy) is 1. The van der Waals surface area contributed by atoms with Crippen LogP contribution in [0.3, 0.4) is 0 Å². The van der Waals surface area contributed by atoms with Crippen molar-refractivity contribution in [3.63, 3.8) is 0 Å². The molecule has 4 heterocycles. The van der Waals surface area contributed by atoms with E-state index in [-0.39, 0.29) is 53.1 Å². The molecule has 0 unspecified atom stereocenters. The molecule has 16 heteroatoms. The van der Waals surface area contributed by atoms with Crippen LogP contribution in [0, 0.1) is 5.92 Å². The molecule has 0 bridgehead atoms. The molecule has 2 amide bonds. The van der Waals surface area contributed by atoms with Gasteiger partial charge in [-0.15, -0.1) is 11.8 Å². The van der Waals surface area contributed by atoms with E-state index < -0.39 is 46.8 Å². The third-order valence-electron chi connectivity index (χ3n) is 4.85. The first-order chi connectivity index (χ1) is 13.8. The summed E-state index contributed by atoms with van der Waals surface area (Å²) in [5.74, 6) is 1.30. The van der Waals surface area contributed by atoms with Crippen LogP contribution >= 0.6 is 23.7 Å². The number of esters is 1. The molecule has 4 atom stereocenters. The van der Waals surface area contributed by atoms with Gasteiger partial charge in [-0.05, 0) is 11.9 Å². The van der Waals surface area contributed by atoms with Crippen LogP contribution < -0.4 is 51.2 Å². The monoisotopic (exact) mass is 466 g/mol. The fourth-order valence-corrected chi connectivity index (χ4v) is 5.70. The van der Waals surface area contributed by atoms with Crippen molar-refractivity contribution < 1.29 is 63.4 Å². The van der Waals surface area contributed by atoms with Gasteiger partial charge in [-0.3, -0.25) is 24.7 Å². The number of fused-ring (bicyclic) bond motifs is 3. The van der Waals surface area contributed by atoms with Gasteiger partial charge in [0.2, 0.25) is 5.72 Å². The van der Waals surface area contributed by atoms with E-state index in [0.717, 1.165) is 21.4 Å². The summed E-state index contributed by atoms with van der Waals surface area (Å²) in [5.41, 5.74) is 0.638. The summed E-state index contributed by atoms with van der Waals surface area (Å²) in [5, 5.41) is 18.8. The van der Waals surface area contributed by atoms with E-state index in [4.69, 9.17) is 10.6 Å². The largest absolute Gasteiger partial charge is 1.00 e. The first-order valence-electron chi connectivity index (χ1n) is 8.28. The molecule has 4 N–H and O–H groups in total. The number of β-lactam (4-membered cyclic amide) rings is 1. The Morgan fingerprint density at radius 1 is 1.50 bits per heavy atom. The van der Waals surface area contributed by atoms with Crippen LogP contribution in [-0.2, 0) is 28.8 Å². The average Bonchev–Trinajstić information content (AvgIpc) is 3.25. The van der Waals surface area contributed by atoms with E-state index in [0.29, 0.717) is 0 Å². The molecule has 4 aliphatic rings. The summed E-state index contributed by atoms with van der Waals surface area (Å²) < 4.78 is 6.18. The number of aliphatic carboxylic acids is 1. The Hall–Kier alpha value is -1.49. The van der Waals surface area contributed by atoms with Crippen molar-refractivity contribution in [1.82, 2.24) is 20.2 Å². The van der Waals surface area contributed by atoms with E-state index in [2.05, 4.69) is 20.7 Å². The molecule has 0 aliphatic carbocycles. The maximum absolute atomic E-state index is 12.7. The quantitative estimate of drug-likeness (QED) is 0.0665. The Balaban J connectivity index is 0.00000256. The van der Waals surface area contributed by atoms with Crippen molar-refractivity contribution in [3.8, 4) is 0 Å². The van der Waals surface area contributed by atoms with Crippen LogP contribution in [0.5, 0.6) is 0 Å². The molecule has 0 spiro atoms. The van der Waals surface area contributed by atoms with Crippen molar-refractivity contribution in [2.24, 2.45) is 16.9 Å². The SMILES string of the molecule is CO/N=C(\C(=O)N[C@@H]1C(=O)N2[C@@H]1SC[C@@H]1CC(=O)O[C@@]12C(=O)[O-])C1=CSN(N)N1.[Na+]. The topological polar surface area (TPSA) is 179 Å². The van der Waals surface area contributed by atoms with Gasteiger partial charge in [0.05, 0.1) is 12.1 Å². The second kappa shape index (κ2) is 8.57. The van der Waals surface area contributed by atoms with Crippen LogP contribution in [0.1, 0.15) is 6.42 Å². The summed E-state index contributed by atoms with van der Waals surface area (Å²) in [4.78, 5) is 54.6. The number of thioether (sulfide) groups is 1. The molecule has 3 saturated heterocycles. The standard InChI is InChI=1S/C14H16N6O7S2.Na/c1-26-18-8(6-4-29-20(15)17-6)10(22)16-9-11(23)19-12(9)28-3-5-2-7(21)27-14(5,19)13(24)25;/h4-5,9,12,17H,2-3,15H2,1H3,(H,16,22)(H,24,25);/q;+1/p-1/b18-8-;/t5-,9+,12+,14+;/m0./s1. The number of carbonyl (C=O) groups is 4. The molecule has 13 nitrogen and oxygen atoms in total. The van der Waals surface area contributed by atoms with Gasteiger partial charge in [0.15, 0.2) is 5.71 Å². The van der Waals surface area contributed by atoms with E-state index in [9.17, 15) is 24.3 Å². The third kappa shape index (κ3) is 3.47. The van der Waals surface area contributed by atoms with Gasteiger partial charge < -0.3 is 24.8 Å². The summed E-state index contributed by atoms with van der Waals surface area (Å²) in [6, 6.07) is -1.03. The number of hydrogen-bond donors (Lipinski definition) is 3. The van der Waals surface area contributed by atoms with Crippen molar-refractivity contribution in [3.05, 3.63) is 11.1 Å². The number of carboxylic acids is 1. The summed E-state index contributed by atoms with van der Waals surface area (Å²) in [7, 11) is 1.25. The van der Waals surface area contributed by atoms with Crippen LogP contribution in [0.15, 0.2) is 16.3 Å². The first-order valence-corrected chi connectivity index (χ1v) is 10.2. The second-order valence-electron chi connectivity index (χ2n) is 6.44. The summed E-state index contributed by atoms with van der Waals surface area (Å²) in [6.07, 6.45) is -0.119. The maximum atomic E-state index is 12.7. The number of nitrogens with zero attached hydrogens (tertiary/aromatic N) is 3. The molecule has 4 aliphatic heterocycles. The molecule has 0 aromatic heterocycles. The Bertz CT molecular complexity index is 872. The van der Waals surface area contributed by atoms with E-state index in [1.54, 1.807) is 0 Å². The van der Waals surface area contributed by atoms with Crippen LogP contribution in [0.25, 0.3) is 0 Å². The number of carboxylic acid groups (broad SMARTS) is 1. The molecular formula is C14H15N6NaO7S2. The van der Waals surface area contributed by atoms with Crippen molar-refractivity contribution in [2.45, 2.75) is 23.6 Å². The Morgan fingerprint density at radius 2 is 2.23 bits per heavy atom. The summed E-state index contributed by atoms with van der Waals surface area (Å²) >= 11 is 2.32. The molecule has 0 aromatic carbocycles. The zero-order valence-electron chi connectivity index (χ0n) is 15.8. The van der Waals surface area contributed by atoms with Crippen LogP contribution in [0.4, 0.5) is 0 Å². The third-order valence-corrected chi connectivity index (χ3v) is 6.93. The van der Waals surface area contributed by atoms with Crippen LogP contribution in [-0.4, -0.2) is 68.9 Å². The van der Waals surface area contributed by atoms with Gasteiger partial charge >= 0.3 is 35.5 Å². The van der Waals surface area contributed by atoms with Gasteiger partial charge in [0.25, 0.3) is 11.8 Å². The number of rotatable bonds is 5. The predicted molar refractivity (Wildman–Crippen MR) is 96.2 cm³/mol. The molecule has 3 fully saturated rings. The van der Waals surface area contributed by atoms with Gasteiger partial charge in [0, 0.05) is 17.1 Å². The number of amides is 2. The molecule has 0 radical (unpaired) electrons. The molecule has 0 saturated carbocycles. The van der Waals surface area contributed by atoms with Gasteiger partial charge in [-0.2, -0.15) is 0 Å². The van der Waals surface area contributed by atoms with Crippen molar-refractivity contribution >= 4 is 53.2 Å². The number of hydrogen-bond acceptors (Lipinski definition) is 13. The van der Waals surface area contributed by atoms with Crippen LogP contribution in [0.2, 0.25) is 0 Å². The fourth-order valence-electron chi connectivity index (χ4n) is 3.60. The summed E-state index contributed by atoms with van der Waals surface area (Å²) in [6.45, 7) is 0. The predicted octanol–water partition coefficient (Wildman–Crippen LogP) is -6.41.